The first-order chi connectivity index (χ1) is 8.74. The highest BCUT2D eigenvalue weighted by atomic mass is 79.9. The summed E-state index contributed by atoms with van der Waals surface area (Å²) in [6.45, 7) is 2.82. The summed E-state index contributed by atoms with van der Waals surface area (Å²) in [6, 6.07) is 4.22. The van der Waals surface area contributed by atoms with Crippen molar-refractivity contribution in [3.8, 4) is 0 Å². The van der Waals surface area contributed by atoms with Crippen molar-refractivity contribution in [3.05, 3.63) is 29.6 Å². The van der Waals surface area contributed by atoms with Gasteiger partial charge in [0.05, 0.1) is 0 Å². The lowest BCUT2D eigenvalue weighted by molar-refractivity contribution is 0.0723. The van der Waals surface area contributed by atoms with Crippen LogP contribution in [-0.2, 0) is 0 Å². The number of aromatic nitrogens is 1. The Morgan fingerprint density at radius 3 is 3.17 bits per heavy atom. The molecule has 2 heterocycles. The first-order valence-corrected chi connectivity index (χ1v) is 7.64. The predicted octanol–water partition coefficient (Wildman–Crippen LogP) is 3.17. The van der Waals surface area contributed by atoms with Gasteiger partial charge in [-0.05, 0) is 44.2 Å². The van der Waals surface area contributed by atoms with Gasteiger partial charge in [-0.2, -0.15) is 0 Å². The second kappa shape index (κ2) is 6.32. The molecule has 0 bridgehead atoms. The molecule has 0 aliphatic carbocycles. The third kappa shape index (κ3) is 2.91. The third-order valence-corrected chi connectivity index (χ3v) is 4.08. The SMILES string of the molecule is Cc1cccnc1C(=O)N1CCCC1CCCBr. The van der Waals surface area contributed by atoms with Crippen LogP contribution in [0.1, 0.15) is 41.7 Å². The number of halogens is 1. The number of rotatable bonds is 4. The molecule has 1 amide bonds. The third-order valence-electron chi connectivity index (χ3n) is 3.52. The van der Waals surface area contributed by atoms with Crippen molar-refractivity contribution in [2.24, 2.45) is 0 Å². The predicted molar refractivity (Wildman–Crippen MR) is 76.1 cm³/mol. The zero-order valence-corrected chi connectivity index (χ0v) is 12.3. The van der Waals surface area contributed by atoms with E-state index in [1.54, 1.807) is 6.20 Å². The molecule has 1 aliphatic heterocycles. The Balaban J connectivity index is 2.10. The van der Waals surface area contributed by atoms with Gasteiger partial charge >= 0.3 is 0 Å². The Hall–Kier alpha value is -0.900. The van der Waals surface area contributed by atoms with E-state index in [1.807, 2.05) is 24.0 Å². The van der Waals surface area contributed by atoms with E-state index >= 15 is 0 Å². The van der Waals surface area contributed by atoms with E-state index in [-0.39, 0.29) is 5.91 Å². The van der Waals surface area contributed by atoms with Crippen LogP contribution < -0.4 is 0 Å². The summed E-state index contributed by atoms with van der Waals surface area (Å²) in [7, 11) is 0. The van der Waals surface area contributed by atoms with E-state index in [9.17, 15) is 4.79 Å². The van der Waals surface area contributed by atoms with Crippen LogP contribution in [0.4, 0.5) is 0 Å². The van der Waals surface area contributed by atoms with E-state index in [2.05, 4.69) is 20.9 Å². The summed E-state index contributed by atoms with van der Waals surface area (Å²) < 4.78 is 0. The van der Waals surface area contributed by atoms with Crippen molar-refractivity contribution in [2.45, 2.75) is 38.6 Å². The molecule has 1 fully saturated rings. The molecule has 1 saturated heterocycles. The fraction of sp³-hybridized carbons (Fsp3) is 0.571. The van der Waals surface area contributed by atoms with Crippen molar-refractivity contribution in [1.29, 1.82) is 0 Å². The zero-order chi connectivity index (χ0) is 13.0. The Morgan fingerprint density at radius 2 is 2.44 bits per heavy atom. The summed E-state index contributed by atoms with van der Waals surface area (Å²) in [5, 5.41) is 1.01. The van der Waals surface area contributed by atoms with Crippen LogP contribution >= 0.6 is 15.9 Å². The van der Waals surface area contributed by atoms with Crippen molar-refractivity contribution in [2.75, 3.05) is 11.9 Å². The van der Waals surface area contributed by atoms with E-state index < -0.39 is 0 Å². The number of likely N-dealkylation sites (tertiary alicyclic amines) is 1. The summed E-state index contributed by atoms with van der Waals surface area (Å²) in [5.74, 6) is 0.102. The van der Waals surface area contributed by atoms with Crippen LogP contribution in [0.15, 0.2) is 18.3 Å². The molecule has 0 N–H and O–H groups in total. The minimum Gasteiger partial charge on any atom is -0.334 e. The monoisotopic (exact) mass is 310 g/mol. The van der Waals surface area contributed by atoms with Crippen molar-refractivity contribution < 1.29 is 4.79 Å². The lowest BCUT2D eigenvalue weighted by atomic mass is 10.1. The van der Waals surface area contributed by atoms with Gasteiger partial charge in [0.25, 0.3) is 5.91 Å². The number of carbonyl (C=O) groups excluding carboxylic acids is 1. The van der Waals surface area contributed by atoms with Gasteiger partial charge in [-0.1, -0.05) is 22.0 Å². The van der Waals surface area contributed by atoms with Gasteiger partial charge in [-0.15, -0.1) is 0 Å². The highest BCUT2D eigenvalue weighted by Crippen LogP contribution is 2.24. The van der Waals surface area contributed by atoms with Gasteiger partial charge in [0.15, 0.2) is 0 Å². The van der Waals surface area contributed by atoms with Crippen LogP contribution in [0.5, 0.6) is 0 Å². The van der Waals surface area contributed by atoms with Gasteiger partial charge in [-0.25, -0.2) is 0 Å². The Bertz CT molecular complexity index is 422. The molecule has 4 heteroatoms. The second-order valence-electron chi connectivity index (χ2n) is 4.79. The minimum atomic E-state index is 0.102. The topological polar surface area (TPSA) is 33.2 Å². The molecule has 1 atom stereocenters. The van der Waals surface area contributed by atoms with Gasteiger partial charge in [0, 0.05) is 24.1 Å². The molecular formula is C14H19BrN2O. The molecule has 1 unspecified atom stereocenters. The van der Waals surface area contributed by atoms with Crippen LogP contribution in [0, 0.1) is 6.92 Å². The molecule has 1 aromatic rings. The summed E-state index contributed by atoms with van der Waals surface area (Å²) in [6.07, 6.45) is 6.15. The molecule has 0 radical (unpaired) electrons. The van der Waals surface area contributed by atoms with Gasteiger partial charge < -0.3 is 4.90 Å². The first-order valence-electron chi connectivity index (χ1n) is 6.52. The van der Waals surface area contributed by atoms with E-state index in [0.29, 0.717) is 11.7 Å². The molecule has 0 spiro atoms. The second-order valence-corrected chi connectivity index (χ2v) is 5.59. The highest BCUT2D eigenvalue weighted by molar-refractivity contribution is 9.09. The molecule has 1 aliphatic rings. The number of carbonyl (C=O) groups is 1. The molecule has 0 saturated carbocycles. The minimum absolute atomic E-state index is 0.102. The number of amides is 1. The lowest BCUT2D eigenvalue weighted by Gasteiger charge is -2.24. The van der Waals surface area contributed by atoms with Crippen molar-refractivity contribution in [3.63, 3.8) is 0 Å². The number of alkyl halides is 1. The highest BCUT2D eigenvalue weighted by Gasteiger charge is 2.30. The molecule has 3 nitrogen and oxygen atoms in total. The number of pyridine rings is 1. The maximum Gasteiger partial charge on any atom is 0.272 e. The number of aryl methyl sites for hydroxylation is 1. The van der Waals surface area contributed by atoms with Crippen molar-refractivity contribution >= 4 is 21.8 Å². The van der Waals surface area contributed by atoms with E-state index in [4.69, 9.17) is 0 Å². The average Bonchev–Trinajstić information content (AvgIpc) is 2.84. The Kier molecular flexibility index (Phi) is 4.75. The molecule has 0 aromatic carbocycles. The Labute approximate surface area is 117 Å². The molecule has 2 rings (SSSR count). The largest absolute Gasteiger partial charge is 0.334 e. The fourth-order valence-electron chi connectivity index (χ4n) is 2.56. The molecule has 18 heavy (non-hydrogen) atoms. The number of hydrogen-bond acceptors (Lipinski definition) is 2. The smallest absolute Gasteiger partial charge is 0.272 e. The molecular weight excluding hydrogens is 292 g/mol. The van der Waals surface area contributed by atoms with Crippen LogP contribution in [0.25, 0.3) is 0 Å². The first kappa shape index (κ1) is 13.5. The van der Waals surface area contributed by atoms with Crippen LogP contribution in [-0.4, -0.2) is 33.7 Å². The van der Waals surface area contributed by atoms with Crippen LogP contribution in [0.3, 0.4) is 0 Å². The summed E-state index contributed by atoms with van der Waals surface area (Å²) in [5.41, 5.74) is 1.58. The quantitative estimate of drug-likeness (QED) is 0.800. The maximum atomic E-state index is 12.5. The number of hydrogen-bond donors (Lipinski definition) is 0. The van der Waals surface area contributed by atoms with Gasteiger partial charge in [0.2, 0.25) is 0 Å². The maximum absolute atomic E-state index is 12.5. The van der Waals surface area contributed by atoms with Crippen LogP contribution in [0.2, 0.25) is 0 Å². The zero-order valence-electron chi connectivity index (χ0n) is 10.7. The van der Waals surface area contributed by atoms with E-state index in [1.165, 1.54) is 0 Å². The molecule has 98 valence electrons. The standard InChI is InChI=1S/C14H19BrN2O/c1-11-5-3-9-16-13(11)14(18)17-10-4-7-12(17)6-2-8-15/h3,5,9,12H,2,4,6-8,10H2,1H3. The fourth-order valence-corrected chi connectivity index (χ4v) is 2.89. The van der Waals surface area contributed by atoms with Gasteiger partial charge in [0.1, 0.15) is 5.69 Å². The summed E-state index contributed by atoms with van der Waals surface area (Å²) in [4.78, 5) is 18.7. The Morgan fingerprint density at radius 1 is 1.61 bits per heavy atom. The average molecular weight is 311 g/mol. The van der Waals surface area contributed by atoms with Gasteiger partial charge in [-0.3, -0.25) is 9.78 Å². The van der Waals surface area contributed by atoms with Crippen molar-refractivity contribution in [1.82, 2.24) is 9.88 Å². The van der Waals surface area contributed by atoms with E-state index in [0.717, 1.165) is 43.1 Å². The number of nitrogens with zero attached hydrogens (tertiary/aromatic N) is 2. The lowest BCUT2D eigenvalue weighted by Crippen LogP contribution is -2.36. The molecule has 1 aromatic heterocycles. The normalized spacial score (nSPS) is 19.2. The summed E-state index contributed by atoms with van der Waals surface area (Å²) >= 11 is 3.45.